The van der Waals surface area contributed by atoms with Crippen LogP contribution in [0.5, 0.6) is 0 Å². The number of unbranched alkanes of at least 4 members (excludes halogenated alkanes) is 2. The first kappa shape index (κ1) is 26.3. The Morgan fingerprint density at radius 2 is 1.50 bits per heavy atom. The lowest BCUT2D eigenvalue weighted by Gasteiger charge is -2.33. The van der Waals surface area contributed by atoms with Crippen molar-refractivity contribution < 1.29 is 19.0 Å². The number of carbonyl (C=O) groups excluding carboxylic acids is 1. The minimum absolute atomic E-state index is 0.346. The third-order valence-electron chi connectivity index (χ3n) is 6.56. The zero-order chi connectivity index (χ0) is 25.2. The van der Waals surface area contributed by atoms with Gasteiger partial charge in [-0.25, -0.2) is 4.79 Å². The Morgan fingerprint density at radius 3 is 2.11 bits per heavy atom. The molecule has 7 nitrogen and oxygen atoms in total. The minimum Gasteiger partial charge on any atom is -0.465 e. The number of anilines is 1. The summed E-state index contributed by atoms with van der Waals surface area (Å²) in [5.41, 5.74) is 3.76. The van der Waals surface area contributed by atoms with Crippen LogP contribution in [0.3, 0.4) is 0 Å². The number of ether oxygens (including phenoxy) is 3. The molecule has 36 heavy (non-hydrogen) atoms. The van der Waals surface area contributed by atoms with Crippen LogP contribution in [0.15, 0.2) is 48.5 Å². The zero-order valence-electron chi connectivity index (χ0n) is 21.2. The number of rotatable bonds is 12. The number of carbonyl (C=O) groups is 1. The normalized spacial score (nSPS) is 14.2. The van der Waals surface area contributed by atoms with Crippen LogP contribution in [0.2, 0.25) is 0 Å². The lowest BCUT2D eigenvalue weighted by Crippen LogP contribution is -2.35. The van der Waals surface area contributed by atoms with Crippen LogP contribution in [0, 0.1) is 5.92 Å². The first-order chi connectivity index (χ1) is 17.7. The monoisotopic (exact) mass is 509 g/mol. The molecular formula is C28H35N3O4S. The molecule has 8 heteroatoms. The van der Waals surface area contributed by atoms with Crippen LogP contribution in [0.25, 0.3) is 21.1 Å². The molecule has 4 rings (SSSR count). The molecule has 1 aliphatic rings. The van der Waals surface area contributed by atoms with E-state index in [0.717, 1.165) is 66.9 Å². The number of nitrogens with zero attached hydrogens (tertiary/aromatic N) is 3. The Bertz CT molecular complexity index is 1080. The second-order valence-corrected chi connectivity index (χ2v) is 10.1. The molecule has 0 bridgehead atoms. The zero-order valence-corrected chi connectivity index (χ0v) is 22.0. The molecule has 1 aliphatic heterocycles. The van der Waals surface area contributed by atoms with Crippen LogP contribution in [0.4, 0.5) is 5.69 Å². The fraction of sp³-hybridized carbons (Fsp3) is 0.464. The highest BCUT2D eigenvalue weighted by molar-refractivity contribution is 7.17. The predicted molar refractivity (Wildman–Crippen MR) is 144 cm³/mol. The molecular weight excluding hydrogens is 474 g/mol. The molecule has 2 aromatic carbocycles. The van der Waals surface area contributed by atoms with E-state index in [9.17, 15) is 4.79 Å². The fourth-order valence-electron chi connectivity index (χ4n) is 4.37. The van der Waals surface area contributed by atoms with Gasteiger partial charge in [-0.1, -0.05) is 23.5 Å². The van der Waals surface area contributed by atoms with E-state index in [1.165, 1.54) is 32.1 Å². The van der Waals surface area contributed by atoms with Crippen molar-refractivity contribution in [2.75, 3.05) is 52.0 Å². The van der Waals surface area contributed by atoms with Gasteiger partial charge in [0.15, 0.2) is 0 Å². The van der Waals surface area contributed by atoms with Gasteiger partial charge in [0.2, 0.25) is 0 Å². The largest absolute Gasteiger partial charge is 0.465 e. The molecule has 0 aliphatic carbocycles. The summed E-state index contributed by atoms with van der Waals surface area (Å²) in [5.74, 6) is 0.308. The van der Waals surface area contributed by atoms with E-state index in [0.29, 0.717) is 11.5 Å². The van der Waals surface area contributed by atoms with E-state index < -0.39 is 0 Å². The molecule has 0 spiro atoms. The highest BCUT2D eigenvalue weighted by atomic mass is 32.1. The maximum absolute atomic E-state index is 11.6. The fourth-order valence-corrected chi connectivity index (χ4v) is 5.23. The number of benzene rings is 2. The molecule has 1 aromatic heterocycles. The lowest BCUT2D eigenvalue weighted by molar-refractivity contribution is 0.0600. The molecule has 0 unspecified atom stereocenters. The summed E-state index contributed by atoms with van der Waals surface area (Å²) < 4.78 is 15.8. The molecule has 0 amide bonds. The van der Waals surface area contributed by atoms with Gasteiger partial charge in [0.1, 0.15) is 10.0 Å². The molecule has 192 valence electrons. The third kappa shape index (κ3) is 7.12. The first-order valence-corrected chi connectivity index (χ1v) is 13.4. The van der Waals surface area contributed by atoms with Crippen LogP contribution < -0.4 is 4.90 Å². The quantitative estimate of drug-likeness (QED) is 0.229. The number of hydrogen-bond donors (Lipinski definition) is 0. The average molecular weight is 510 g/mol. The van der Waals surface area contributed by atoms with Crippen molar-refractivity contribution in [3.05, 3.63) is 54.1 Å². The average Bonchev–Trinajstić information content (AvgIpc) is 3.43. The van der Waals surface area contributed by atoms with Gasteiger partial charge in [0.05, 0.1) is 12.7 Å². The summed E-state index contributed by atoms with van der Waals surface area (Å²) in [6, 6.07) is 15.8. The van der Waals surface area contributed by atoms with E-state index in [2.05, 4.69) is 39.4 Å². The van der Waals surface area contributed by atoms with Gasteiger partial charge in [-0.05, 0) is 74.4 Å². The summed E-state index contributed by atoms with van der Waals surface area (Å²) in [6.07, 6.45) is 5.74. The van der Waals surface area contributed by atoms with E-state index in [1.54, 1.807) is 30.6 Å². The third-order valence-corrected chi connectivity index (χ3v) is 7.58. The molecule has 2 heterocycles. The van der Waals surface area contributed by atoms with Crippen molar-refractivity contribution in [3.63, 3.8) is 0 Å². The van der Waals surface area contributed by atoms with Gasteiger partial charge >= 0.3 is 5.97 Å². The molecule has 0 N–H and O–H groups in total. The number of piperidine rings is 1. The van der Waals surface area contributed by atoms with E-state index >= 15 is 0 Å². The highest BCUT2D eigenvalue weighted by Crippen LogP contribution is 2.32. The Balaban J connectivity index is 1.25. The van der Waals surface area contributed by atoms with Gasteiger partial charge in [-0.3, -0.25) is 0 Å². The number of hydrogen-bond acceptors (Lipinski definition) is 8. The number of methoxy groups -OCH3 is 2. The Labute approximate surface area is 217 Å². The molecule has 1 saturated heterocycles. The van der Waals surface area contributed by atoms with Crippen molar-refractivity contribution in [2.24, 2.45) is 5.92 Å². The van der Waals surface area contributed by atoms with Crippen molar-refractivity contribution >= 4 is 23.0 Å². The maximum atomic E-state index is 11.6. The second-order valence-electron chi connectivity index (χ2n) is 9.09. The van der Waals surface area contributed by atoms with Gasteiger partial charge in [0.25, 0.3) is 0 Å². The van der Waals surface area contributed by atoms with E-state index in [-0.39, 0.29) is 5.97 Å². The molecule has 0 atom stereocenters. The lowest BCUT2D eigenvalue weighted by atomic mass is 9.97. The Hall–Kier alpha value is -2.81. The maximum Gasteiger partial charge on any atom is 0.337 e. The van der Waals surface area contributed by atoms with Crippen LogP contribution in [-0.4, -0.2) is 63.3 Å². The van der Waals surface area contributed by atoms with Crippen LogP contribution >= 0.6 is 11.3 Å². The Morgan fingerprint density at radius 1 is 0.889 bits per heavy atom. The summed E-state index contributed by atoms with van der Waals surface area (Å²) in [5, 5.41) is 10.4. The SMILES string of the molecule is COCCCCCOCC1CCN(c2ccc(-c3nnc(-c4ccc(C(=O)OC)cc4)s3)cc2)CC1. The predicted octanol–water partition coefficient (Wildman–Crippen LogP) is 5.71. The summed E-state index contributed by atoms with van der Waals surface area (Å²) in [7, 11) is 3.13. The van der Waals surface area contributed by atoms with Crippen molar-refractivity contribution in [1.82, 2.24) is 10.2 Å². The topological polar surface area (TPSA) is 73.8 Å². The van der Waals surface area contributed by atoms with Crippen LogP contribution in [0.1, 0.15) is 42.5 Å². The molecule has 1 fully saturated rings. The standard InChI is InChI=1S/C28H35N3O4S/c1-33-18-4-3-5-19-35-20-21-14-16-31(17-15-21)25-12-10-23(11-13-25)27-30-29-26(36-27)22-6-8-24(9-7-22)28(32)34-2/h6-13,21H,3-5,14-20H2,1-2H3. The summed E-state index contributed by atoms with van der Waals surface area (Å²) in [4.78, 5) is 14.1. The summed E-state index contributed by atoms with van der Waals surface area (Å²) >= 11 is 1.54. The number of aromatic nitrogens is 2. The summed E-state index contributed by atoms with van der Waals surface area (Å²) in [6.45, 7) is 4.70. The van der Waals surface area contributed by atoms with E-state index in [1.807, 2.05) is 12.1 Å². The van der Waals surface area contributed by atoms with Crippen molar-refractivity contribution in [2.45, 2.75) is 32.1 Å². The van der Waals surface area contributed by atoms with E-state index in [4.69, 9.17) is 14.2 Å². The first-order valence-electron chi connectivity index (χ1n) is 12.6. The van der Waals surface area contributed by atoms with Gasteiger partial charge < -0.3 is 19.1 Å². The second kappa shape index (κ2) is 13.5. The van der Waals surface area contributed by atoms with Gasteiger partial charge in [0, 0.05) is 56.8 Å². The molecule has 3 aromatic rings. The van der Waals surface area contributed by atoms with Crippen molar-refractivity contribution in [3.8, 4) is 21.1 Å². The highest BCUT2D eigenvalue weighted by Gasteiger charge is 2.20. The minimum atomic E-state index is -0.346. The van der Waals surface area contributed by atoms with Crippen LogP contribution in [-0.2, 0) is 14.2 Å². The van der Waals surface area contributed by atoms with Gasteiger partial charge in [-0.15, -0.1) is 10.2 Å². The number of esters is 1. The van der Waals surface area contributed by atoms with Gasteiger partial charge in [-0.2, -0.15) is 0 Å². The smallest absolute Gasteiger partial charge is 0.337 e. The Kier molecular flexibility index (Phi) is 9.84. The molecule has 0 saturated carbocycles. The molecule has 0 radical (unpaired) electrons. The van der Waals surface area contributed by atoms with Crippen molar-refractivity contribution in [1.29, 1.82) is 0 Å².